The number of fused-ring (bicyclic) bond motifs is 1. The van der Waals surface area contributed by atoms with Gasteiger partial charge in [0, 0.05) is 17.6 Å². The smallest absolute Gasteiger partial charge is 0.333 e. The van der Waals surface area contributed by atoms with Crippen molar-refractivity contribution in [3.05, 3.63) is 28.5 Å². The van der Waals surface area contributed by atoms with Gasteiger partial charge < -0.3 is 19.7 Å². The van der Waals surface area contributed by atoms with E-state index in [1.54, 1.807) is 26.0 Å². The second-order valence-corrected chi connectivity index (χ2v) is 4.99. The average molecular weight is 253 g/mol. The van der Waals surface area contributed by atoms with Crippen molar-refractivity contribution in [2.24, 2.45) is 0 Å². The van der Waals surface area contributed by atoms with Crippen molar-refractivity contribution in [2.75, 3.05) is 19.7 Å². The van der Waals surface area contributed by atoms with Crippen LogP contribution in [0.3, 0.4) is 0 Å². The van der Waals surface area contributed by atoms with E-state index >= 15 is 0 Å². The van der Waals surface area contributed by atoms with Gasteiger partial charge in [0.2, 0.25) is 0 Å². The molecule has 5 nitrogen and oxygen atoms in total. The molecule has 0 bridgehead atoms. The van der Waals surface area contributed by atoms with Gasteiger partial charge in [0.05, 0.1) is 13.1 Å². The molecule has 2 heterocycles. The molecule has 0 aromatic heterocycles. The maximum absolute atomic E-state index is 12.3. The SMILES string of the molecule is C/C=C(/C)C(=O)OCC1=CC[N+]2([O-])CC[C@@H](O)[C@@H]12. The number of hydrogen-bond acceptors (Lipinski definition) is 4. The summed E-state index contributed by atoms with van der Waals surface area (Å²) in [4.78, 5) is 11.5. The van der Waals surface area contributed by atoms with Crippen molar-refractivity contribution in [3.8, 4) is 0 Å². The molecule has 1 unspecified atom stereocenters. The van der Waals surface area contributed by atoms with Gasteiger partial charge in [-0.25, -0.2) is 4.79 Å². The van der Waals surface area contributed by atoms with Crippen molar-refractivity contribution in [3.63, 3.8) is 0 Å². The first-order valence-electron chi connectivity index (χ1n) is 6.23. The van der Waals surface area contributed by atoms with Crippen LogP contribution in [0.2, 0.25) is 0 Å². The van der Waals surface area contributed by atoms with Crippen molar-refractivity contribution in [1.82, 2.24) is 0 Å². The van der Waals surface area contributed by atoms with Gasteiger partial charge in [-0.15, -0.1) is 0 Å². The molecule has 1 N–H and O–H groups in total. The maximum atomic E-state index is 12.3. The number of nitrogens with zero attached hydrogens (tertiary/aromatic N) is 1. The van der Waals surface area contributed by atoms with E-state index in [1.165, 1.54) is 0 Å². The highest BCUT2D eigenvalue weighted by Crippen LogP contribution is 2.36. The number of rotatable bonds is 3. The van der Waals surface area contributed by atoms with E-state index in [9.17, 15) is 15.1 Å². The van der Waals surface area contributed by atoms with E-state index in [2.05, 4.69) is 0 Å². The molecule has 1 fully saturated rings. The van der Waals surface area contributed by atoms with Gasteiger partial charge in [0.15, 0.2) is 0 Å². The number of hydroxylamine groups is 3. The molecule has 0 radical (unpaired) electrons. The number of quaternary nitrogens is 1. The van der Waals surface area contributed by atoms with Gasteiger partial charge in [0.25, 0.3) is 0 Å². The molecule has 0 aromatic carbocycles. The fourth-order valence-electron chi connectivity index (χ4n) is 2.63. The number of aliphatic hydroxyl groups is 1. The zero-order valence-corrected chi connectivity index (χ0v) is 10.8. The Morgan fingerprint density at radius 1 is 1.72 bits per heavy atom. The van der Waals surface area contributed by atoms with Crippen molar-refractivity contribution in [2.45, 2.75) is 32.4 Å². The molecule has 3 atom stereocenters. The molecule has 0 saturated carbocycles. The summed E-state index contributed by atoms with van der Waals surface area (Å²) in [6.45, 7) is 4.37. The van der Waals surface area contributed by atoms with E-state index in [1.807, 2.05) is 0 Å². The van der Waals surface area contributed by atoms with Gasteiger partial charge in [-0.2, -0.15) is 0 Å². The van der Waals surface area contributed by atoms with Crippen molar-refractivity contribution < 1.29 is 19.3 Å². The molecule has 2 aliphatic heterocycles. The number of carbonyl (C=O) groups is 1. The third-order valence-electron chi connectivity index (χ3n) is 3.84. The molecule has 2 aliphatic rings. The lowest BCUT2D eigenvalue weighted by atomic mass is 10.1. The lowest BCUT2D eigenvalue weighted by Gasteiger charge is -2.40. The predicted octanol–water partition coefficient (Wildman–Crippen LogP) is 0.884. The number of ether oxygens (including phenoxy) is 1. The van der Waals surface area contributed by atoms with Crippen LogP contribution in [0.25, 0.3) is 0 Å². The molecular formula is C13H19NO4. The lowest BCUT2D eigenvalue weighted by molar-refractivity contribution is -0.877. The maximum Gasteiger partial charge on any atom is 0.333 e. The summed E-state index contributed by atoms with van der Waals surface area (Å²) in [6.07, 6.45) is 3.40. The zero-order chi connectivity index (χ0) is 13.3. The average Bonchev–Trinajstić information content (AvgIpc) is 2.83. The standard InChI is InChI=1S/C13H19NO4/c1-3-9(2)13(16)18-8-10-4-6-14(17)7-5-11(15)12(10)14/h3-4,11-12,15H,5-8H2,1-2H3/b9-3-/t11-,12-,14?/m1/s1. The van der Waals surface area contributed by atoms with Gasteiger partial charge in [-0.05, 0) is 19.9 Å². The minimum Gasteiger partial charge on any atom is -0.632 e. The highest BCUT2D eigenvalue weighted by atomic mass is 16.6. The third-order valence-corrected chi connectivity index (χ3v) is 3.84. The van der Waals surface area contributed by atoms with Gasteiger partial charge in [-0.3, -0.25) is 0 Å². The van der Waals surface area contributed by atoms with Crippen LogP contribution < -0.4 is 0 Å². The largest absolute Gasteiger partial charge is 0.632 e. The van der Waals surface area contributed by atoms with Crippen LogP contribution in [0, 0.1) is 5.21 Å². The Balaban J connectivity index is 1.97. The van der Waals surface area contributed by atoms with Crippen LogP contribution in [-0.2, 0) is 9.53 Å². The Morgan fingerprint density at radius 2 is 2.44 bits per heavy atom. The Kier molecular flexibility index (Phi) is 3.56. The molecule has 100 valence electrons. The minimum absolute atomic E-state index is 0.105. The Morgan fingerprint density at radius 3 is 3.11 bits per heavy atom. The van der Waals surface area contributed by atoms with Crippen molar-refractivity contribution >= 4 is 5.97 Å². The topological polar surface area (TPSA) is 69.6 Å². The van der Waals surface area contributed by atoms with Crippen LogP contribution in [0.5, 0.6) is 0 Å². The number of carbonyl (C=O) groups excluding carboxylic acids is 1. The monoisotopic (exact) mass is 253 g/mol. The second-order valence-electron chi connectivity index (χ2n) is 4.99. The fourth-order valence-corrected chi connectivity index (χ4v) is 2.63. The summed E-state index contributed by atoms with van der Waals surface area (Å²) in [5.74, 6) is -0.373. The molecule has 0 aromatic rings. The van der Waals surface area contributed by atoms with Crippen LogP contribution in [0.15, 0.2) is 23.3 Å². The molecular weight excluding hydrogens is 234 g/mol. The molecule has 0 spiro atoms. The quantitative estimate of drug-likeness (QED) is 0.266. The summed E-state index contributed by atoms with van der Waals surface area (Å²) >= 11 is 0. The zero-order valence-electron chi connectivity index (χ0n) is 10.8. The number of aliphatic hydroxyl groups excluding tert-OH is 1. The van der Waals surface area contributed by atoms with Crippen molar-refractivity contribution in [1.29, 1.82) is 0 Å². The van der Waals surface area contributed by atoms with Gasteiger partial charge >= 0.3 is 5.97 Å². The highest BCUT2D eigenvalue weighted by Gasteiger charge is 2.47. The first-order valence-corrected chi connectivity index (χ1v) is 6.23. The molecule has 2 rings (SSSR count). The first kappa shape index (κ1) is 13.3. The molecule has 0 amide bonds. The summed E-state index contributed by atoms with van der Waals surface area (Å²) in [7, 11) is 0. The normalized spacial score (nSPS) is 35.3. The van der Waals surface area contributed by atoms with Gasteiger partial charge in [-0.1, -0.05) is 6.08 Å². The molecule has 0 aliphatic carbocycles. The molecule has 5 heteroatoms. The first-order chi connectivity index (χ1) is 8.48. The second kappa shape index (κ2) is 4.84. The molecule has 18 heavy (non-hydrogen) atoms. The Labute approximate surface area is 107 Å². The number of allylic oxidation sites excluding steroid dienone is 1. The van der Waals surface area contributed by atoms with Crippen LogP contribution >= 0.6 is 0 Å². The van der Waals surface area contributed by atoms with Crippen LogP contribution in [-0.4, -0.2) is 47.6 Å². The fraction of sp³-hybridized carbons (Fsp3) is 0.615. The van der Waals surface area contributed by atoms with E-state index in [0.717, 1.165) is 5.57 Å². The summed E-state index contributed by atoms with van der Waals surface area (Å²) in [5, 5.41) is 22.1. The lowest BCUT2D eigenvalue weighted by Crippen LogP contribution is -2.46. The minimum atomic E-state index is -0.613. The van der Waals surface area contributed by atoms with Gasteiger partial charge in [0.1, 0.15) is 18.8 Å². The Hall–Kier alpha value is -1.17. The van der Waals surface area contributed by atoms with E-state index in [0.29, 0.717) is 25.1 Å². The highest BCUT2D eigenvalue weighted by molar-refractivity contribution is 5.87. The summed E-state index contributed by atoms with van der Waals surface area (Å²) in [5.41, 5.74) is 1.30. The van der Waals surface area contributed by atoms with E-state index in [4.69, 9.17) is 4.74 Å². The number of esters is 1. The predicted molar refractivity (Wildman–Crippen MR) is 66.2 cm³/mol. The van der Waals surface area contributed by atoms with E-state index < -0.39 is 16.8 Å². The summed E-state index contributed by atoms with van der Waals surface area (Å²) in [6, 6.07) is -0.441. The number of hydrogen-bond donors (Lipinski definition) is 1. The van der Waals surface area contributed by atoms with Crippen LogP contribution in [0.4, 0.5) is 0 Å². The summed E-state index contributed by atoms with van der Waals surface area (Å²) < 4.78 is 4.75. The molecule has 1 saturated heterocycles. The third kappa shape index (κ3) is 2.21. The van der Waals surface area contributed by atoms with Crippen LogP contribution in [0.1, 0.15) is 20.3 Å². The Bertz CT molecular complexity index is 415. The van der Waals surface area contributed by atoms with E-state index in [-0.39, 0.29) is 12.6 Å².